The summed E-state index contributed by atoms with van der Waals surface area (Å²) in [4.78, 5) is 52.4. The number of ether oxygens (including phenoxy) is 1. The first-order chi connectivity index (χ1) is 12.4. The molecule has 1 aliphatic heterocycles. The summed E-state index contributed by atoms with van der Waals surface area (Å²) >= 11 is 0. The van der Waals surface area contributed by atoms with Gasteiger partial charge in [-0.05, 0) is 12.5 Å². The van der Waals surface area contributed by atoms with Crippen LogP contribution in [-0.4, -0.2) is 41.6 Å². The van der Waals surface area contributed by atoms with Crippen molar-refractivity contribution in [2.45, 2.75) is 32.2 Å². The highest BCUT2D eigenvalue weighted by atomic mass is 16.7. The third-order valence-corrected chi connectivity index (χ3v) is 3.62. The highest BCUT2D eigenvalue weighted by molar-refractivity contribution is 6.01. The summed E-state index contributed by atoms with van der Waals surface area (Å²) in [5, 5.41) is 2.84. The molecule has 0 aromatic heterocycles. The van der Waals surface area contributed by atoms with Crippen LogP contribution in [0.1, 0.15) is 24.0 Å². The van der Waals surface area contributed by atoms with E-state index in [1.165, 1.54) is 6.08 Å². The largest absolute Gasteiger partial charge is 0.445 e. The van der Waals surface area contributed by atoms with Crippen molar-refractivity contribution in [1.82, 2.24) is 10.4 Å². The van der Waals surface area contributed by atoms with Crippen LogP contribution in [0, 0.1) is 6.92 Å². The Morgan fingerprint density at radius 3 is 2.62 bits per heavy atom. The second-order valence-electron chi connectivity index (χ2n) is 5.77. The van der Waals surface area contributed by atoms with Crippen LogP contribution in [-0.2, 0) is 30.4 Å². The van der Waals surface area contributed by atoms with Crippen LogP contribution in [0.4, 0.5) is 4.79 Å². The minimum atomic E-state index is -1.13. The standard InChI is InChI=1S/C18H20N2O6/c1-3-9-25-18(24)19-14(11-13-6-4-5-12(2)10-13)17(23)26-20-15(21)7-8-16(20)22/h3-6,10,14H,1,7-9,11H2,2H3,(H,19,24)/t14-/m0/s1. The lowest BCUT2D eigenvalue weighted by molar-refractivity contribution is -0.198. The number of amides is 3. The molecule has 0 aliphatic carbocycles. The number of alkyl carbamates (subject to hydrolysis) is 1. The molecule has 138 valence electrons. The summed E-state index contributed by atoms with van der Waals surface area (Å²) in [7, 11) is 0. The average Bonchev–Trinajstić information content (AvgIpc) is 2.91. The van der Waals surface area contributed by atoms with Crippen LogP contribution in [0.3, 0.4) is 0 Å². The molecule has 0 saturated carbocycles. The minimum Gasteiger partial charge on any atom is -0.445 e. The average molecular weight is 360 g/mol. The Balaban J connectivity index is 2.11. The predicted octanol–water partition coefficient (Wildman–Crippen LogP) is 1.43. The summed E-state index contributed by atoms with van der Waals surface area (Å²) in [6.07, 6.45) is 0.639. The maximum atomic E-state index is 12.4. The number of imide groups is 1. The van der Waals surface area contributed by atoms with Gasteiger partial charge < -0.3 is 14.9 Å². The summed E-state index contributed by atoms with van der Waals surface area (Å²) in [6, 6.07) is 6.22. The molecular formula is C18H20N2O6. The molecule has 1 aromatic rings. The fraction of sp³-hybridized carbons (Fsp3) is 0.333. The summed E-state index contributed by atoms with van der Waals surface area (Å²) in [5.41, 5.74) is 1.75. The van der Waals surface area contributed by atoms with E-state index in [4.69, 9.17) is 9.57 Å². The number of rotatable bonds is 7. The molecule has 1 heterocycles. The third kappa shape index (κ3) is 5.17. The van der Waals surface area contributed by atoms with E-state index in [1.54, 1.807) is 6.07 Å². The van der Waals surface area contributed by atoms with Crippen LogP contribution in [0.5, 0.6) is 0 Å². The molecular weight excluding hydrogens is 340 g/mol. The molecule has 0 unspecified atom stereocenters. The van der Waals surface area contributed by atoms with Crippen molar-refractivity contribution in [1.29, 1.82) is 0 Å². The molecule has 26 heavy (non-hydrogen) atoms. The molecule has 0 bridgehead atoms. The Bertz CT molecular complexity index is 714. The Hall–Kier alpha value is -3.16. The number of benzene rings is 1. The fourth-order valence-electron chi connectivity index (χ4n) is 2.40. The van der Waals surface area contributed by atoms with Crippen molar-refractivity contribution in [2.24, 2.45) is 0 Å². The summed E-state index contributed by atoms with van der Waals surface area (Å²) in [5.74, 6) is -2.11. The monoisotopic (exact) mass is 360 g/mol. The number of aryl methyl sites for hydroxylation is 1. The third-order valence-electron chi connectivity index (χ3n) is 3.62. The van der Waals surface area contributed by atoms with Gasteiger partial charge in [-0.25, -0.2) is 9.59 Å². The lowest BCUT2D eigenvalue weighted by Gasteiger charge is -2.20. The SMILES string of the molecule is C=CCOC(=O)N[C@@H](Cc1cccc(C)c1)C(=O)ON1C(=O)CCC1=O. The lowest BCUT2D eigenvalue weighted by atomic mass is 10.0. The van der Waals surface area contributed by atoms with Crippen LogP contribution in [0.15, 0.2) is 36.9 Å². The van der Waals surface area contributed by atoms with Crippen molar-refractivity contribution in [3.05, 3.63) is 48.0 Å². The molecule has 1 fully saturated rings. The van der Waals surface area contributed by atoms with Gasteiger partial charge in [-0.1, -0.05) is 42.5 Å². The maximum Gasteiger partial charge on any atom is 0.408 e. The van der Waals surface area contributed by atoms with E-state index in [2.05, 4.69) is 11.9 Å². The number of hydrogen-bond donors (Lipinski definition) is 1. The predicted molar refractivity (Wildman–Crippen MR) is 90.5 cm³/mol. The zero-order valence-electron chi connectivity index (χ0n) is 14.4. The summed E-state index contributed by atoms with van der Waals surface area (Å²) in [6.45, 7) is 5.30. The number of nitrogens with zero attached hydrogens (tertiary/aromatic N) is 1. The molecule has 3 amide bonds. The van der Waals surface area contributed by atoms with Crippen molar-refractivity contribution in [2.75, 3.05) is 6.61 Å². The fourth-order valence-corrected chi connectivity index (χ4v) is 2.40. The Labute approximate surface area is 150 Å². The Morgan fingerprint density at radius 2 is 2.00 bits per heavy atom. The second-order valence-corrected chi connectivity index (χ2v) is 5.77. The van der Waals surface area contributed by atoms with E-state index in [0.29, 0.717) is 5.06 Å². The van der Waals surface area contributed by atoms with E-state index in [1.807, 2.05) is 25.1 Å². The van der Waals surface area contributed by atoms with Gasteiger partial charge in [0.1, 0.15) is 12.6 Å². The van der Waals surface area contributed by atoms with Crippen LogP contribution >= 0.6 is 0 Å². The van der Waals surface area contributed by atoms with Crippen molar-refractivity contribution in [3.8, 4) is 0 Å². The van der Waals surface area contributed by atoms with Gasteiger partial charge in [0.25, 0.3) is 11.8 Å². The van der Waals surface area contributed by atoms with Crippen molar-refractivity contribution >= 4 is 23.9 Å². The van der Waals surface area contributed by atoms with Crippen LogP contribution in [0.25, 0.3) is 0 Å². The number of hydroxylamine groups is 2. The van der Waals surface area contributed by atoms with Gasteiger partial charge in [-0.2, -0.15) is 0 Å². The van der Waals surface area contributed by atoms with Gasteiger partial charge >= 0.3 is 12.1 Å². The van der Waals surface area contributed by atoms with Gasteiger partial charge in [0.15, 0.2) is 0 Å². The maximum absolute atomic E-state index is 12.4. The molecule has 8 heteroatoms. The lowest BCUT2D eigenvalue weighted by Crippen LogP contribution is -2.46. The Kier molecular flexibility index (Phi) is 6.48. The number of nitrogens with one attached hydrogen (secondary N) is 1. The number of hydrogen-bond acceptors (Lipinski definition) is 6. The van der Waals surface area contributed by atoms with Crippen molar-refractivity contribution in [3.63, 3.8) is 0 Å². The zero-order chi connectivity index (χ0) is 19.1. The van der Waals surface area contributed by atoms with Crippen LogP contribution in [0.2, 0.25) is 0 Å². The molecule has 1 N–H and O–H groups in total. The molecule has 1 aromatic carbocycles. The highest BCUT2D eigenvalue weighted by Gasteiger charge is 2.35. The molecule has 0 radical (unpaired) electrons. The molecule has 1 atom stereocenters. The molecule has 1 saturated heterocycles. The first-order valence-electron chi connectivity index (χ1n) is 8.08. The first kappa shape index (κ1) is 19.2. The van der Waals surface area contributed by atoms with E-state index >= 15 is 0 Å². The van der Waals surface area contributed by atoms with Gasteiger partial charge in [0.2, 0.25) is 0 Å². The van der Waals surface area contributed by atoms with Gasteiger partial charge in [0, 0.05) is 19.3 Å². The second kappa shape index (κ2) is 8.80. The molecule has 0 spiro atoms. The quantitative estimate of drug-likeness (QED) is 0.583. The normalized spacial score (nSPS) is 14.7. The van der Waals surface area contributed by atoms with Gasteiger partial charge in [-0.15, -0.1) is 5.06 Å². The topological polar surface area (TPSA) is 102 Å². The zero-order valence-corrected chi connectivity index (χ0v) is 14.4. The van der Waals surface area contributed by atoms with E-state index < -0.39 is 29.9 Å². The van der Waals surface area contributed by atoms with Crippen LogP contribution < -0.4 is 5.32 Å². The summed E-state index contributed by atoms with van der Waals surface area (Å²) < 4.78 is 4.82. The Morgan fingerprint density at radius 1 is 1.31 bits per heavy atom. The van der Waals surface area contributed by atoms with E-state index in [-0.39, 0.29) is 25.9 Å². The van der Waals surface area contributed by atoms with E-state index in [0.717, 1.165) is 11.1 Å². The van der Waals surface area contributed by atoms with Gasteiger partial charge in [-0.3, -0.25) is 9.59 Å². The van der Waals surface area contributed by atoms with Gasteiger partial charge in [0.05, 0.1) is 0 Å². The molecule has 1 aliphatic rings. The highest BCUT2D eigenvalue weighted by Crippen LogP contribution is 2.14. The van der Waals surface area contributed by atoms with Crippen molar-refractivity contribution < 1.29 is 28.8 Å². The van der Waals surface area contributed by atoms with E-state index in [9.17, 15) is 19.2 Å². The molecule has 8 nitrogen and oxygen atoms in total. The minimum absolute atomic E-state index is 0.0105. The molecule has 2 rings (SSSR count). The first-order valence-corrected chi connectivity index (χ1v) is 8.08. The number of carbonyl (C=O) groups excluding carboxylic acids is 4. The number of carbonyl (C=O) groups is 4. The smallest absolute Gasteiger partial charge is 0.408 e.